The first-order valence-electron chi connectivity index (χ1n) is 18.5. The number of benzene rings is 5. The van der Waals surface area contributed by atoms with Crippen LogP contribution in [0.2, 0.25) is 0 Å². The highest BCUT2D eigenvalue weighted by Gasteiger charge is 2.42. The number of aromatic nitrogens is 7. The van der Waals surface area contributed by atoms with E-state index in [0.717, 1.165) is 75.3 Å². The molecule has 1 aliphatic rings. The van der Waals surface area contributed by atoms with Crippen LogP contribution in [0, 0.1) is 20.8 Å². The Bertz CT molecular complexity index is 2490. The van der Waals surface area contributed by atoms with Gasteiger partial charge in [-0.15, -0.1) is 5.10 Å². The fraction of sp³-hybridized carbons (Fsp3) is 0.196. The number of fused-ring (bicyclic) bond motifs is 2. The SMILES string of the molecule is CCc1nc2c(C)c(C)c(C)nc2n1[C@H]1CCc2cc(-c3ccccc3-c3nnnn3C(c3ccccc3)(c3ccccc3)c3ccccc3)ccc21. The summed E-state index contributed by atoms with van der Waals surface area (Å²) in [4.78, 5) is 10.2. The van der Waals surface area contributed by atoms with E-state index in [1.165, 1.54) is 22.3 Å². The van der Waals surface area contributed by atoms with Gasteiger partial charge in [0.15, 0.2) is 11.5 Å². The van der Waals surface area contributed by atoms with Gasteiger partial charge in [0.1, 0.15) is 16.9 Å². The van der Waals surface area contributed by atoms with Gasteiger partial charge in [0, 0.05) is 17.7 Å². The molecule has 1 aliphatic carbocycles. The van der Waals surface area contributed by atoms with Gasteiger partial charge in [-0.05, 0) is 94.1 Å². The molecule has 53 heavy (non-hydrogen) atoms. The Hall–Kier alpha value is -6.21. The summed E-state index contributed by atoms with van der Waals surface area (Å²) in [5.74, 6) is 1.79. The van der Waals surface area contributed by atoms with E-state index in [9.17, 15) is 0 Å². The Morgan fingerprint density at radius 3 is 1.91 bits per heavy atom. The van der Waals surface area contributed by atoms with Crippen molar-refractivity contribution in [2.75, 3.05) is 0 Å². The van der Waals surface area contributed by atoms with Crippen molar-refractivity contribution in [1.29, 1.82) is 0 Å². The van der Waals surface area contributed by atoms with Crippen molar-refractivity contribution in [3.63, 3.8) is 0 Å². The van der Waals surface area contributed by atoms with E-state index in [4.69, 9.17) is 20.3 Å². The first kappa shape index (κ1) is 32.7. The zero-order valence-corrected chi connectivity index (χ0v) is 30.5. The molecule has 0 aliphatic heterocycles. The number of hydrogen-bond donors (Lipinski definition) is 0. The molecule has 0 saturated carbocycles. The van der Waals surface area contributed by atoms with Crippen LogP contribution in [0.25, 0.3) is 33.7 Å². The van der Waals surface area contributed by atoms with Gasteiger partial charge >= 0.3 is 0 Å². The maximum atomic E-state index is 5.13. The van der Waals surface area contributed by atoms with E-state index in [-0.39, 0.29) is 6.04 Å². The minimum atomic E-state index is -0.839. The molecule has 0 fully saturated rings. The van der Waals surface area contributed by atoms with Gasteiger partial charge < -0.3 is 4.57 Å². The first-order valence-corrected chi connectivity index (χ1v) is 18.5. The quantitative estimate of drug-likeness (QED) is 0.148. The van der Waals surface area contributed by atoms with E-state index >= 15 is 0 Å². The molecule has 5 aromatic carbocycles. The number of pyridine rings is 1. The molecule has 0 bridgehead atoms. The Labute approximate surface area is 310 Å². The monoisotopic (exact) mass is 691 g/mol. The van der Waals surface area contributed by atoms with Crippen LogP contribution in [0.5, 0.6) is 0 Å². The van der Waals surface area contributed by atoms with Crippen molar-refractivity contribution < 1.29 is 0 Å². The summed E-state index contributed by atoms with van der Waals surface area (Å²) in [6.45, 7) is 8.63. The predicted molar refractivity (Wildman–Crippen MR) is 211 cm³/mol. The smallest absolute Gasteiger partial charge is 0.184 e. The van der Waals surface area contributed by atoms with Crippen LogP contribution in [-0.4, -0.2) is 34.7 Å². The highest BCUT2D eigenvalue weighted by Crippen LogP contribution is 2.45. The molecule has 3 heterocycles. The van der Waals surface area contributed by atoms with Crippen LogP contribution in [0.15, 0.2) is 133 Å². The molecule has 1 atom stereocenters. The summed E-state index contributed by atoms with van der Waals surface area (Å²) >= 11 is 0. The number of aryl methyl sites for hydroxylation is 4. The van der Waals surface area contributed by atoms with Crippen LogP contribution < -0.4 is 0 Å². The van der Waals surface area contributed by atoms with Gasteiger partial charge in [0.05, 0.1) is 6.04 Å². The van der Waals surface area contributed by atoms with Crippen molar-refractivity contribution >= 4 is 11.2 Å². The Balaban J connectivity index is 1.19. The molecular formula is C46H41N7. The van der Waals surface area contributed by atoms with E-state index in [2.05, 4.69) is 171 Å². The van der Waals surface area contributed by atoms with Crippen LogP contribution in [0.1, 0.15) is 69.8 Å². The molecule has 7 nitrogen and oxygen atoms in total. The largest absolute Gasteiger partial charge is 0.305 e. The van der Waals surface area contributed by atoms with E-state index < -0.39 is 5.54 Å². The topological polar surface area (TPSA) is 74.3 Å². The van der Waals surface area contributed by atoms with Gasteiger partial charge in [-0.25, -0.2) is 14.6 Å². The number of rotatable bonds is 8. The molecule has 0 unspecified atom stereocenters. The number of tetrazole rings is 1. The maximum Gasteiger partial charge on any atom is 0.184 e. The zero-order valence-electron chi connectivity index (χ0n) is 30.5. The molecule has 260 valence electrons. The Morgan fingerprint density at radius 1 is 0.679 bits per heavy atom. The Kier molecular flexibility index (Phi) is 8.07. The first-order chi connectivity index (χ1) is 26.0. The van der Waals surface area contributed by atoms with Gasteiger partial charge in [-0.2, -0.15) is 0 Å². The van der Waals surface area contributed by atoms with Crippen molar-refractivity contribution in [3.05, 3.63) is 184 Å². The molecule has 0 saturated heterocycles. The summed E-state index contributed by atoms with van der Waals surface area (Å²) in [5.41, 5.74) is 13.8. The lowest BCUT2D eigenvalue weighted by molar-refractivity contribution is 0.451. The van der Waals surface area contributed by atoms with E-state index in [1.807, 2.05) is 4.68 Å². The molecule has 3 aromatic heterocycles. The van der Waals surface area contributed by atoms with Gasteiger partial charge in [-0.3, -0.25) is 0 Å². The fourth-order valence-corrected chi connectivity index (χ4v) is 8.54. The zero-order chi connectivity index (χ0) is 36.1. The predicted octanol–water partition coefficient (Wildman–Crippen LogP) is 9.62. The standard InChI is InChI=1S/C46H41N7/c1-5-42-48-43-31(3)30(2)32(4)47-45(43)52(42)41-28-26-34-29-33(25-27-39(34)41)38-23-15-16-24-40(38)44-49-50-51-53(44)46(35-17-9-6-10-18-35,36-19-11-7-12-20-36)37-21-13-8-14-22-37/h6-25,27,29,41H,5,26,28H2,1-4H3/t41-/m0/s1. The molecule has 0 spiro atoms. The molecule has 9 rings (SSSR count). The van der Waals surface area contributed by atoms with E-state index in [0.29, 0.717) is 5.82 Å². The van der Waals surface area contributed by atoms with Crippen LogP contribution in [0.4, 0.5) is 0 Å². The van der Waals surface area contributed by atoms with Gasteiger partial charge in [-0.1, -0.05) is 140 Å². The average Bonchev–Trinajstić information content (AvgIpc) is 3.96. The van der Waals surface area contributed by atoms with Gasteiger partial charge in [0.2, 0.25) is 0 Å². The van der Waals surface area contributed by atoms with Crippen molar-refractivity contribution in [2.24, 2.45) is 0 Å². The highest BCUT2D eigenvalue weighted by molar-refractivity contribution is 5.82. The van der Waals surface area contributed by atoms with Crippen molar-refractivity contribution in [3.8, 4) is 22.5 Å². The lowest BCUT2D eigenvalue weighted by atomic mass is 9.77. The second-order valence-electron chi connectivity index (χ2n) is 14.1. The summed E-state index contributed by atoms with van der Waals surface area (Å²) in [7, 11) is 0. The summed E-state index contributed by atoms with van der Waals surface area (Å²) < 4.78 is 4.43. The third-order valence-corrected chi connectivity index (χ3v) is 11.4. The lowest BCUT2D eigenvalue weighted by Crippen LogP contribution is -2.39. The summed E-state index contributed by atoms with van der Waals surface area (Å²) in [6.07, 6.45) is 2.86. The second kappa shape index (κ2) is 13.1. The van der Waals surface area contributed by atoms with Gasteiger partial charge in [0.25, 0.3) is 0 Å². The number of nitrogens with zero attached hydrogens (tertiary/aromatic N) is 7. The summed E-state index contributed by atoms with van der Waals surface area (Å²) in [6, 6.07) is 47.3. The Morgan fingerprint density at radius 2 is 1.28 bits per heavy atom. The molecular weight excluding hydrogens is 651 g/mol. The van der Waals surface area contributed by atoms with Crippen molar-refractivity contribution in [2.45, 2.75) is 58.5 Å². The third kappa shape index (κ3) is 5.13. The second-order valence-corrected chi connectivity index (χ2v) is 14.1. The molecule has 7 heteroatoms. The third-order valence-electron chi connectivity index (χ3n) is 11.4. The van der Waals surface area contributed by atoms with Crippen LogP contribution >= 0.6 is 0 Å². The maximum absolute atomic E-state index is 5.13. The van der Waals surface area contributed by atoms with Crippen LogP contribution in [0.3, 0.4) is 0 Å². The lowest BCUT2D eigenvalue weighted by Gasteiger charge is -2.36. The van der Waals surface area contributed by atoms with Crippen LogP contribution in [-0.2, 0) is 18.4 Å². The number of imidazole rings is 1. The van der Waals surface area contributed by atoms with Crippen molar-refractivity contribution in [1.82, 2.24) is 34.7 Å². The minimum absolute atomic E-state index is 0.193. The molecule has 0 amide bonds. The normalized spacial score (nSPS) is 14.2. The highest BCUT2D eigenvalue weighted by atomic mass is 15.6. The fourth-order valence-electron chi connectivity index (χ4n) is 8.54. The minimum Gasteiger partial charge on any atom is -0.305 e. The average molecular weight is 692 g/mol. The molecule has 0 N–H and O–H groups in total. The molecule has 8 aromatic rings. The molecule has 0 radical (unpaired) electrons. The van der Waals surface area contributed by atoms with E-state index in [1.54, 1.807) is 0 Å². The summed E-state index contributed by atoms with van der Waals surface area (Å²) in [5, 5.41) is 14.0. The number of hydrogen-bond acceptors (Lipinski definition) is 5.